The minimum atomic E-state index is -0.372. The predicted octanol–water partition coefficient (Wildman–Crippen LogP) is 3.67. The van der Waals surface area contributed by atoms with Crippen molar-refractivity contribution < 1.29 is 4.39 Å². The quantitative estimate of drug-likeness (QED) is 0.900. The first kappa shape index (κ1) is 12.7. The van der Waals surface area contributed by atoms with Crippen LogP contribution in [0.3, 0.4) is 0 Å². The number of anilines is 1. The molecule has 2 aromatic carbocycles. The second-order valence-electron chi connectivity index (χ2n) is 5.19. The SMILES string of the molecule is N#Cc1cc(F)cc(NC2CCc3ccccc3C2)c1. The second kappa shape index (κ2) is 5.34. The number of rotatable bonds is 2. The average molecular weight is 266 g/mol. The molecular formula is C17H15FN2. The van der Waals surface area contributed by atoms with Crippen LogP contribution >= 0.6 is 0 Å². The maximum Gasteiger partial charge on any atom is 0.126 e. The Labute approximate surface area is 117 Å². The van der Waals surface area contributed by atoms with E-state index in [-0.39, 0.29) is 5.82 Å². The summed E-state index contributed by atoms with van der Waals surface area (Å²) in [7, 11) is 0. The molecule has 3 heteroatoms. The summed E-state index contributed by atoms with van der Waals surface area (Å²) in [6.45, 7) is 0. The predicted molar refractivity (Wildman–Crippen MR) is 77.0 cm³/mol. The van der Waals surface area contributed by atoms with Gasteiger partial charge in [0.2, 0.25) is 0 Å². The molecule has 2 aromatic rings. The fourth-order valence-electron chi connectivity index (χ4n) is 2.79. The number of hydrogen-bond acceptors (Lipinski definition) is 2. The summed E-state index contributed by atoms with van der Waals surface area (Å²) in [4.78, 5) is 0. The van der Waals surface area contributed by atoms with E-state index in [1.807, 2.05) is 6.07 Å². The highest BCUT2D eigenvalue weighted by Gasteiger charge is 2.18. The van der Waals surface area contributed by atoms with Gasteiger partial charge in [0, 0.05) is 11.7 Å². The zero-order valence-electron chi connectivity index (χ0n) is 11.1. The summed E-state index contributed by atoms with van der Waals surface area (Å²) >= 11 is 0. The van der Waals surface area contributed by atoms with Crippen LogP contribution in [0.2, 0.25) is 0 Å². The van der Waals surface area contributed by atoms with Gasteiger partial charge >= 0.3 is 0 Å². The van der Waals surface area contributed by atoms with Crippen LogP contribution < -0.4 is 5.32 Å². The van der Waals surface area contributed by atoms with Crippen molar-refractivity contribution in [3.8, 4) is 6.07 Å². The smallest absolute Gasteiger partial charge is 0.126 e. The molecule has 0 amide bonds. The van der Waals surface area contributed by atoms with Crippen LogP contribution in [0.25, 0.3) is 0 Å². The Bertz CT molecular complexity index is 673. The van der Waals surface area contributed by atoms with E-state index in [0.717, 1.165) is 19.3 Å². The van der Waals surface area contributed by atoms with E-state index in [9.17, 15) is 4.39 Å². The van der Waals surface area contributed by atoms with E-state index in [0.29, 0.717) is 17.3 Å². The van der Waals surface area contributed by atoms with Crippen molar-refractivity contribution in [2.75, 3.05) is 5.32 Å². The lowest BCUT2D eigenvalue weighted by Crippen LogP contribution is -2.27. The van der Waals surface area contributed by atoms with Gasteiger partial charge in [-0.25, -0.2) is 4.39 Å². The van der Waals surface area contributed by atoms with Gasteiger partial charge in [-0.15, -0.1) is 0 Å². The van der Waals surface area contributed by atoms with Crippen molar-refractivity contribution in [3.63, 3.8) is 0 Å². The molecular weight excluding hydrogens is 251 g/mol. The maximum absolute atomic E-state index is 13.4. The van der Waals surface area contributed by atoms with Gasteiger partial charge in [0.05, 0.1) is 11.6 Å². The lowest BCUT2D eigenvalue weighted by molar-refractivity contribution is 0.606. The fraction of sp³-hybridized carbons (Fsp3) is 0.235. The van der Waals surface area contributed by atoms with Crippen LogP contribution in [0.5, 0.6) is 0 Å². The zero-order valence-corrected chi connectivity index (χ0v) is 11.1. The van der Waals surface area contributed by atoms with Gasteiger partial charge < -0.3 is 5.32 Å². The molecule has 1 aliphatic carbocycles. The van der Waals surface area contributed by atoms with E-state index >= 15 is 0 Å². The van der Waals surface area contributed by atoms with Crippen LogP contribution in [-0.2, 0) is 12.8 Å². The third-order valence-electron chi connectivity index (χ3n) is 3.74. The number of nitrogens with one attached hydrogen (secondary N) is 1. The highest BCUT2D eigenvalue weighted by molar-refractivity contribution is 5.51. The Morgan fingerprint density at radius 3 is 2.75 bits per heavy atom. The molecule has 1 aliphatic rings. The van der Waals surface area contributed by atoms with Crippen LogP contribution in [-0.4, -0.2) is 6.04 Å². The molecule has 100 valence electrons. The minimum Gasteiger partial charge on any atom is -0.382 e. The molecule has 0 aliphatic heterocycles. The van der Waals surface area contributed by atoms with Crippen molar-refractivity contribution in [1.29, 1.82) is 5.26 Å². The maximum atomic E-state index is 13.4. The van der Waals surface area contributed by atoms with Crippen LogP contribution in [0.15, 0.2) is 42.5 Å². The molecule has 20 heavy (non-hydrogen) atoms. The summed E-state index contributed by atoms with van der Waals surface area (Å²) in [5, 5.41) is 12.2. The molecule has 1 N–H and O–H groups in total. The number of halogens is 1. The third kappa shape index (κ3) is 2.65. The first-order valence-electron chi connectivity index (χ1n) is 6.78. The van der Waals surface area contributed by atoms with Gasteiger partial charge in [0.15, 0.2) is 0 Å². The Morgan fingerprint density at radius 1 is 1.15 bits per heavy atom. The fourth-order valence-corrected chi connectivity index (χ4v) is 2.79. The van der Waals surface area contributed by atoms with Crippen LogP contribution in [0, 0.1) is 17.1 Å². The Kier molecular flexibility index (Phi) is 3.39. The van der Waals surface area contributed by atoms with Gasteiger partial charge in [-0.3, -0.25) is 0 Å². The molecule has 0 heterocycles. The lowest BCUT2D eigenvalue weighted by Gasteiger charge is -2.26. The largest absolute Gasteiger partial charge is 0.382 e. The standard InChI is InChI=1S/C17H15FN2/c18-15-7-12(11-19)8-17(10-15)20-16-6-5-13-3-1-2-4-14(13)9-16/h1-4,7-8,10,16,20H,5-6,9H2. The second-order valence-corrected chi connectivity index (χ2v) is 5.19. The molecule has 1 unspecified atom stereocenters. The summed E-state index contributed by atoms with van der Waals surface area (Å²) < 4.78 is 13.4. The van der Waals surface area contributed by atoms with Crippen molar-refractivity contribution in [3.05, 3.63) is 65.0 Å². The van der Waals surface area contributed by atoms with Gasteiger partial charge in [0.25, 0.3) is 0 Å². The molecule has 0 fully saturated rings. The van der Waals surface area contributed by atoms with Gasteiger partial charge in [-0.1, -0.05) is 24.3 Å². The van der Waals surface area contributed by atoms with E-state index < -0.39 is 0 Å². The van der Waals surface area contributed by atoms with E-state index in [1.165, 1.54) is 23.3 Å². The van der Waals surface area contributed by atoms with Crippen molar-refractivity contribution >= 4 is 5.69 Å². The molecule has 0 radical (unpaired) electrons. The van der Waals surface area contributed by atoms with Crippen LogP contribution in [0.1, 0.15) is 23.1 Å². The van der Waals surface area contributed by atoms with Crippen molar-refractivity contribution in [2.24, 2.45) is 0 Å². The minimum absolute atomic E-state index is 0.290. The third-order valence-corrected chi connectivity index (χ3v) is 3.74. The Hall–Kier alpha value is -2.34. The monoisotopic (exact) mass is 266 g/mol. The summed E-state index contributed by atoms with van der Waals surface area (Å²) in [5.74, 6) is -0.372. The summed E-state index contributed by atoms with van der Waals surface area (Å²) in [6, 6.07) is 15.1. The van der Waals surface area contributed by atoms with E-state index in [1.54, 1.807) is 6.07 Å². The van der Waals surface area contributed by atoms with Crippen molar-refractivity contribution in [1.82, 2.24) is 0 Å². The van der Waals surface area contributed by atoms with Gasteiger partial charge in [-0.2, -0.15) is 5.26 Å². The number of hydrogen-bond donors (Lipinski definition) is 1. The number of benzene rings is 2. The molecule has 1 atom stereocenters. The van der Waals surface area contributed by atoms with Crippen LogP contribution in [0.4, 0.5) is 10.1 Å². The Morgan fingerprint density at radius 2 is 1.95 bits per heavy atom. The summed E-state index contributed by atoms with van der Waals surface area (Å²) in [5.41, 5.74) is 3.80. The number of fused-ring (bicyclic) bond motifs is 1. The van der Waals surface area contributed by atoms with E-state index in [4.69, 9.17) is 5.26 Å². The van der Waals surface area contributed by atoms with Gasteiger partial charge in [-0.05, 0) is 48.6 Å². The lowest BCUT2D eigenvalue weighted by atomic mass is 9.88. The molecule has 3 rings (SSSR count). The Balaban J connectivity index is 1.77. The van der Waals surface area contributed by atoms with E-state index in [2.05, 4.69) is 29.6 Å². The molecule has 2 nitrogen and oxygen atoms in total. The summed E-state index contributed by atoms with van der Waals surface area (Å²) in [6.07, 6.45) is 3.00. The highest BCUT2D eigenvalue weighted by Crippen LogP contribution is 2.24. The number of aryl methyl sites for hydroxylation is 1. The number of nitriles is 1. The molecule has 0 aromatic heterocycles. The first-order valence-corrected chi connectivity index (χ1v) is 6.78. The average Bonchev–Trinajstić information content (AvgIpc) is 2.46. The van der Waals surface area contributed by atoms with Crippen molar-refractivity contribution in [2.45, 2.75) is 25.3 Å². The molecule has 0 saturated carbocycles. The van der Waals surface area contributed by atoms with Gasteiger partial charge in [0.1, 0.15) is 5.82 Å². The first-order chi connectivity index (χ1) is 9.74. The number of nitrogens with zero attached hydrogens (tertiary/aromatic N) is 1. The molecule has 0 saturated heterocycles. The zero-order chi connectivity index (χ0) is 13.9. The highest BCUT2D eigenvalue weighted by atomic mass is 19.1. The molecule has 0 spiro atoms. The normalized spacial score (nSPS) is 17.1. The molecule has 0 bridgehead atoms. The topological polar surface area (TPSA) is 35.8 Å².